The molecule has 0 spiro atoms. The van der Waals surface area contributed by atoms with Crippen molar-refractivity contribution in [3.8, 4) is 5.75 Å². The molecule has 5 heteroatoms. The third-order valence-corrected chi connectivity index (χ3v) is 6.74. The highest BCUT2D eigenvalue weighted by Crippen LogP contribution is 2.35. The number of ether oxygens (including phenoxy) is 1. The minimum Gasteiger partial charge on any atom is -0.497 e. The zero-order valence-electron chi connectivity index (χ0n) is 17.8. The lowest BCUT2D eigenvalue weighted by Gasteiger charge is -2.24. The zero-order chi connectivity index (χ0) is 21.6. The smallest absolute Gasteiger partial charge is 0.240 e. The molecule has 1 saturated heterocycles. The summed E-state index contributed by atoms with van der Waals surface area (Å²) in [4.78, 5) is 20.6. The first-order chi connectivity index (χ1) is 15.2. The van der Waals surface area contributed by atoms with Crippen LogP contribution in [-0.2, 0) is 4.79 Å². The van der Waals surface area contributed by atoms with E-state index in [-0.39, 0.29) is 11.8 Å². The van der Waals surface area contributed by atoms with E-state index in [0.29, 0.717) is 11.8 Å². The summed E-state index contributed by atoms with van der Waals surface area (Å²) in [6.45, 7) is 2.82. The van der Waals surface area contributed by atoms with Gasteiger partial charge in [-0.3, -0.25) is 9.69 Å². The molecular weight excluding hydrogens is 404 g/mol. The molecule has 31 heavy (non-hydrogen) atoms. The Morgan fingerprint density at radius 2 is 1.68 bits per heavy atom. The number of carbonyl (C=O) groups excluding carboxylic acids is 1. The van der Waals surface area contributed by atoms with E-state index in [0.717, 1.165) is 34.2 Å². The van der Waals surface area contributed by atoms with E-state index in [1.165, 1.54) is 0 Å². The van der Waals surface area contributed by atoms with Crippen LogP contribution in [0.25, 0.3) is 0 Å². The lowest BCUT2D eigenvalue weighted by Crippen LogP contribution is -2.37. The van der Waals surface area contributed by atoms with E-state index < -0.39 is 0 Å². The minimum atomic E-state index is -0.367. The molecule has 0 unspecified atom stereocenters. The molecule has 0 aromatic heterocycles. The summed E-state index contributed by atoms with van der Waals surface area (Å²) in [7, 11) is 1.64. The summed E-state index contributed by atoms with van der Waals surface area (Å²) in [5.41, 5.74) is 2.76. The van der Waals surface area contributed by atoms with Crippen LogP contribution in [-0.4, -0.2) is 34.9 Å². The second-order valence-electron chi connectivity index (χ2n) is 7.45. The first-order valence-corrected chi connectivity index (χ1v) is 11.4. The van der Waals surface area contributed by atoms with Gasteiger partial charge in [0.25, 0.3) is 0 Å². The molecule has 0 aliphatic carbocycles. The number of hydrogen-bond acceptors (Lipinski definition) is 4. The van der Waals surface area contributed by atoms with E-state index >= 15 is 0 Å². The van der Waals surface area contributed by atoms with Crippen LogP contribution < -0.4 is 4.74 Å². The van der Waals surface area contributed by atoms with Crippen molar-refractivity contribution in [2.24, 2.45) is 4.99 Å². The van der Waals surface area contributed by atoms with E-state index in [1.807, 2.05) is 89.8 Å². The number of hydrogen-bond donors (Lipinski definition) is 0. The van der Waals surface area contributed by atoms with Crippen molar-refractivity contribution >= 4 is 28.5 Å². The van der Waals surface area contributed by atoms with E-state index in [1.54, 1.807) is 18.9 Å². The van der Waals surface area contributed by atoms with Gasteiger partial charge >= 0.3 is 0 Å². The van der Waals surface area contributed by atoms with Gasteiger partial charge in [-0.15, -0.1) is 0 Å². The Labute approximate surface area is 188 Å². The average Bonchev–Trinajstić information content (AvgIpc) is 3.23. The summed E-state index contributed by atoms with van der Waals surface area (Å²) in [5, 5.41) is 1.09. The normalized spacial score (nSPS) is 17.3. The van der Waals surface area contributed by atoms with Crippen molar-refractivity contribution < 1.29 is 9.53 Å². The highest BCUT2D eigenvalue weighted by molar-refractivity contribution is 8.14. The van der Waals surface area contributed by atoms with Crippen LogP contribution in [0.4, 0.5) is 5.69 Å². The van der Waals surface area contributed by atoms with Gasteiger partial charge in [0, 0.05) is 17.9 Å². The third-order valence-electron chi connectivity index (χ3n) is 5.40. The standard InChI is InChI=1S/C26H26N2O2S/c1-3-23-18-28(26(31-23)27-21-15-10-16-22(17-21)30-2)25(29)24(19-11-6-4-7-12-19)20-13-8-5-9-14-20/h4-17,23-24H,3,18H2,1-2H3/t23-/m0/s1. The van der Waals surface area contributed by atoms with Crippen LogP contribution in [0.15, 0.2) is 89.9 Å². The zero-order valence-corrected chi connectivity index (χ0v) is 18.6. The summed E-state index contributed by atoms with van der Waals surface area (Å²) in [6.07, 6.45) is 0.979. The molecule has 1 aliphatic heterocycles. The van der Waals surface area contributed by atoms with Crippen molar-refractivity contribution in [3.05, 3.63) is 96.1 Å². The second-order valence-corrected chi connectivity index (χ2v) is 8.71. The fraction of sp³-hybridized carbons (Fsp3) is 0.231. The highest BCUT2D eigenvalue weighted by atomic mass is 32.2. The number of amides is 1. The van der Waals surface area contributed by atoms with Gasteiger partial charge in [-0.2, -0.15) is 0 Å². The van der Waals surface area contributed by atoms with Crippen LogP contribution in [0.1, 0.15) is 30.4 Å². The minimum absolute atomic E-state index is 0.0579. The molecule has 1 heterocycles. The highest BCUT2D eigenvalue weighted by Gasteiger charge is 2.37. The van der Waals surface area contributed by atoms with Gasteiger partial charge in [0.2, 0.25) is 5.91 Å². The Hall–Kier alpha value is -3.05. The molecule has 0 N–H and O–H groups in total. The molecule has 1 fully saturated rings. The lowest BCUT2D eigenvalue weighted by atomic mass is 9.90. The lowest BCUT2D eigenvalue weighted by molar-refractivity contribution is -0.127. The maximum atomic E-state index is 13.9. The Morgan fingerprint density at radius 1 is 1.03 bits per heavy atom. The quantitative estimate of drug-likeness (QED) is 0.491. The maximum Gasteiger partial charge on any atom is 0.240 e. The number of carbonyl (C=O) groups is 1. The van der Waals surface area contributed by atoms with Gasteiger partial charge in [-0.05, 0) is 29.7 Å². The van der Waals surface area contributed by atoms with Crippen LogP contribution in [0, 0.1) is 0 Å². The molecule has 1 amide bonds. The predicted molar refractivity (Wildman–Crippen MR) is 128 cm³/mol. The Kier molecular flexibility index (Phi) is 6.73. The SMILES string of the molecule is CC[C@H]1CN(C(=O)C(c2ccccc2)c2ccccc2)C(=Nc2cccc(OC)c2)S1. The molecule has 4 rings (SSSR count). The molecule has 158 valence electrons. The van der Waals surface area contributed by atoms with Gasteiger partial charge in [-0.25, -0.2) is 4.99 Å². The number of aliphatic imine (C=N–C) groups is 1. The van der Waals surface area contributed by atoms with Crippen molar-refractivity contribution in [3.63, 3.8) is 0 Å². The molecule has 1 atom stereocenters. The molecule has 0 radical (unpaired) electrons. The maximum absolute atomic E-state index is 13.9. The van der Waals surface area contributed by atoms with Crippen molar-refractivity contribution in [2.75, 3.05) is 13.7 Å². The number of rotatable bonds is 6. The van der Waals surface area contributed by atoms with Crippen molar-refractivity contribution in [1.29, 1.82) is 0 Å². The van der Waals surface area contributed by atoms with Gasteiger partial charge in [-0.1, -0.05) is 85.4 Å². The second kappa shape index (κ2) is 9.84. The monoisotopic (exact) mass is 430 g/mol. The van der Waals surface area contributed by atoms with Gasteiger partial charge in [0.05, 0.1) is 18.7 Å². The fourth-order valence-electron chi connectivity index (χ4n) is 3.73. The van der Waals surface area contributed by atoms with Crippen LogP contribution in [0.2, 0.25) is 0 Å². The molecular formula is C26H26N2O2S. The van der Waals surface area contributed by atoms with E-state index in [4.69, 9.17) is 9.73 Å². The number of nitrogens with zero attached hydrogens (tertiary/aromatic N) is 2. The van der Waals surface area contributed by atoms with Gasteiger partial charge in [0.15, 0.2) is 5.17 Å². The van der Waals surface area contributed by atoms with Crippen molar-refractivity contribution in [2.45, 2.75) is 24.5 Å². The number of amidine groups is 1. The number of thioether (sulfide) groups is 1. The fourth-order valence-corrected chi connectivity index (χ4v) is 4.87. The number of benzene rings is 3. The molecule has 1 aliphatic rings. The summed E-state index contributed by atoms with van der Waals surface area (Å²) < 4.78 is 5.33. The Balaban J connectivity index is 1.73. The largest absolute Gasteiger partial charge is 0.497 e. The average molecular weight is 431 g/mol. The van der Waals surface area contributed by atoms with E-state index in [9.17, 15) is 4.79 Å². The van der Waals surface area contributed by atoms with E-state index in [2.05, 4.69) is 6.92 Å². The molecule has 3 aromatic carbocycles. The first kappa shape index (κ1) is 21.2. The summed E-state index contributed by atoms with van der Waals surface area (Å²) in [5.74, 6) is 0.442. The van der Waals surface area contributed by atoms with Crippen LogP contribution in [0.5, 0.6) is 5.75 Å². The first-order valence-electron chi connectivity index (χ1n) is 10.5. The molecule has 0 bridgehead atoms. The summed E-state index contributed by atoms with van der Waals surface area (Å²) >= 11 is 1.68. The van der Waals surface area contributed by atoms with Crippen LogP contribution >= 0.6 is 11.8 Å². The molecule has 4 nitrogen and oxygen atoms in total. The third kappa shape index (κ3) is 4.83. The Morgan fingerprint density at radius 3 is 2.26 bits per heavy atom. The molecule has 0 saturated carbocycles. The van der Waals surface area contributed by atoms with Crippen molar-refractivity contribution in [1.82, 2.24) is 4.90 Å². The predicted octanol–water partition coefficient (Wildman–Crippen LogP) is 5.87. The van der Waals surface area contributed by atoms with Crippen LogP contribution in [0.3, 0.4) is 0 Å². The van der Waals surface area contributed by atoms with Gasteiger partial charge in [0.1, 0.15) is 5.75 Å². The topological polar surface area (TPSA) is 41.9 Å². The Bertz CT molecular complexity index is 1010. The van der Waals surface area contributed by atoms with Gasteiger partial charge < -0.3 is 4.74 Å². The summed E-state index contributed by atoms with van der Waals surface area (Å²) in [6, 6.07) is 27.6. The number of methoxy groups -OCH3 is 1. The molecule has 3 aromatic rings.